The molecule has 1 N–H and O–H groups in total. The van der Waals surface area contributed by atoms with Gasteiger partial charge in [-0.1, -0.05) is 13.0 Å². The van der Waals surface area contributed by atoms with Gasteiger partial charge in [0.05, 0.1) is 0 Å². The summed E-state index contributed by atoms with van der Waals surface area (Å²) in [5.74, 6) is 0. The summed E-state index contributed by atoms with van der Waals surface area (Å²) in [6.45, 7) is 5.46. The Bertz CT molecular complexity index is 464. The molecule has 18 heavy (non-hydrogen) atoms. The highest BCUT2D eigenvalue weighted by atomic mass is 32.1. The lowest BCUT2D eigenvalue weighted by Crippen LogP contribution is -2.24. The summed E-state index contributed by atoms with van der Waals surface area (Å²) in [4.78, 5) is 5.61. The molecule has 0 aromatic carbocycles. The first-order chi connectivity index (χ1) is 8.81. The molecule has 3 heteroatoms. The summed E-state index contributed by atoms with van der Waals surface area (Å²) in [6.07, 6.45) is 5.95. The molecule has 2 aromatic rings. The molecular formula is C15H20N2S. The van der Waals surface area contributed by atoms with Crippen LogP contribution in [-0.4, -0.2) is 11.5 Å². The molecule has 0 amide bonds. The van der Waals surface area contributed by atoms with Crippen LogP contribution in [0.5, 0.6) is 0 Å². The molecule has 0 saturated carbocycles. The number of nitrogens with zero attached hydrogens (tertiary/aromatic N) is 1. The van der Waals surface area contributed by atoms with E-state index in [1.165, 1.54) is 16.0 Å². The minimum absolute atomic E-state index is 0.403. The summed E-state index contributed by atoms with van der Waals surface area (Å²) in [5, 5.41) is 5.82. The van der Waals surface area contributed by atoms with Crippen LogP contribution in [0.3, 0.4) is 0 Å². The Kier molecular flexibility index (Phi) is 4.90. The van der Waals surface area contributed by atoms with Crippen molar-refractivity contribution < 1.29 is 0 Å². The van der Waals surface area contributed by atoms with Crippen molar-refractivity contribution in [3.05, 3.63) is 52.0 Å². The van der Waals surface area contributed by atoms with Gasteiger partial charge in [0, 0.05) is 23.3 Å². The van der Waals surface area contributed by atoms with E-state index in [1.54, 1.807) is 0 Å². The minimum Gasteiger partial charge on any atom is -0.310 e. The maximum Gasteiger partial charge on any atom is 0.0372 e. The zero-order valence-electron chi connectivity index (χ0n) is 11.0. The highest BCUT2D eigenvalue weighted by Gasteiger charge is 2.14. The van der Waals surface area contributed by atoms with Gasteiger partial charge >= 0.3 is 0 Å². The van der Waals surface area contributed by atoms with Crippen LogP contribution in [0, 0.1) is 6.92 Å². The molecule has 2 nitrogen and oxygen atoms in total. The minimum atomic E-state index is 0.403. The monoisotopic (exact) mass is 260 g/mol. The summed E-state index contributed by atoms with van der Waals surface area (Å²) in [5.41, 5.74) is 2.72. The fraction of sp³-hybridized carbons (Fsp3) is 0.400. The van der Waals surface area contributed by atoms with Crippen LogP contribution in [0.2, 0.25) is 0 Å². The molecule has 2 rings (SSSR count). The number of aryl methyl sites for hydroxylation is 1. The van der Waals surface area contributed by atoms with E-state index in [0.717, 1.165) is 19.4 Å². The van der Waals surface area contributed by atoms with Gasteiger partial charge in [0.2, 0.25) is 0 Å². The highest BCUT2D eigenvalue weighted by Crippen LogP contribution is 2.25. The van der Waals surface area contributed by atoms with Crippen molar-refractivity contribution in [2.75, 3.05) is 6.54 Å². The first kappa shape index (κ1) is 13.2. The molecule has 0 aliphatic carbocycles. The lowest BCUT2D eigenvalue weighted by molar-refractivity contribution is 0.528. The van der Waals surface area contributed by atoms with Gasteiger partial charge in [0.15, 0.2) is 0 Å². The average molecular weight is 260 g/mol. The Labute approximate surface area is 113 Å². The van der Waals surface area contributed by atoms with E-state index in [9.17, 15) is 0 Å². The topological polar surface area (TPSA) is 24.9 Å². The number of aromatic nitrogens is 1. The van der Waals surface area contributed by atoms with Gasteiger partial charge in [0.25, 0.3) is 0 Å². The molecular weight excluding hydrogens is 240 g/mol. The van der Waals surface area contributed by atoms with Crippen LogP contribution in [0.25, 0.3) is 0 Å². The van der Waals surface area contributed by atoms with Gasteiger partial charge < -0.3 is 5.32 Å². The van der Waals surface area contributed by atoms with Gasteiger partial charge in [-0.3, -0.25) is 4.98 Å². The number of rotatable bonds is 6. The van der Waals surface area contributed by atoms with E-state index >= 15 is 0 Å². The van der Waals surface area contributed by atoms with Crippen LogP contribution in [0.15, 0.2) is 36.0 Å². The summed E-state index contributed by atoms with van der Waals surface area (Å²) in [7, 11) is 0. The first-order valence-electron chi connectivity index (χ1n) is 6.47. The second-order valence-corrected chi connectivity index (χ2v) is 5.62. The second kappa shape index (κ2) is 6.66. The lowest BCUT2D eigenvalue weighted by atomic mass is 10.0. The predicted molar refractivity (Wildman–Crippen MR) is 78.0 cm³/mol. The van der Waals surface area contributed by atoms with E-state index < -0.39 is 0 Å². The van der Waals surface area contributed by atoms with Crippen molar-refractivity contribution in [1.29, 1.82) is 0 Å². The number of nitrogens with one attached hydrogen (secondary N) is 1. The molecule has 0 aliphatic heterocycles. The first-order valence-corrected chi connectivity index (χ1v) is 7.35. The molecule has 0 radical (unpaired) electrons. The van der Waals surface area contributed by atoms with E-state index in [0.29, 0.717) is 6.04 Å². The third-order valence-electron chi connectivity index (χ3n) is 3.08. The Balaban J connectivity index is 2.13. The summed E-state index contributed by atoms with van der Waals surface area (Å²) < 4.78 is 0. The summed E-state index contributed by atoms with van der Waals surface area (Å²) in [6, 6.07) is 6.80. The molecule has 96 valence electrons. The van der Waals surface area contributed by atoms with Crippen molar-refractivity contribution in [3.8, 4) is 0 Å². The van der Waals surface area contributed by atoms with E-state index in [1.807, 2.05) is 29.8 Å². The van der Waals surface area contributed by atoms with Crippen molar-refractivity contribution in [2.24, 2.45) is 0 Å². The van der Waals surface area contributed by atoms with Gasteiger partial charge in [0.1, 0.15) is 0 Å². The second-order valence-electron chi connectivity index (χ2n) is 4.50. The van der Waals surface area contributed by atoms with Crippen molar-refractivity contribution in [1.82, 2.24) is 10.3 Å². The van der Waals surface area contributed by atoms with Crippen LogP contribution >= 0.6 is 11.3 Å². The molecule has 2 aromatic heterocycles. The number of thiophene rings is 1. The van der Waals surface area contributed by atoms with Gasteiger partial charge in [-0.25, -0.2) is 0 Å². The lowest BCUT2D eigenvalue weighted by Gasteiger charge is -2.18. The number of hydrogen-bond donors (Lipinski definition) is 1. The van der Waals surface area contributed by atoms with Gasteiger partial charge in [-0.2, -0.15) is 0 Å². The van der Waals surface area contributed by atoms with Gasteiger partial charge in [-0.05, 0) is 54.9 Å². The molecule has 0 fully saturated rings. The Morgan fingerprint density at radius 3 is 2.89 bits per heavy atom. The van der Waals surface area contributed by atoms with Crippen molar-refractivity contribution >= 4 is 11.3 Å². The van der Waals surface area contributed by atoms with E-state index in [4.69, 9.17) is 0 Å². The maximum absolute atomic E-state index is 4.20. The average Bonchev–Trinajstić information content (AvgIpc) is 2.82. The normalized spacial score (nSPS) is 12.6. The molecule has 1 unspecified atom stereocenters. The van der Waals surface area contributed by atoms with Crippen molar-refractivity contribution in [2.45, 2.75) is 32.7 Å². The zero-order chi connectivity index (χ0) is 12.8. The SMILES string of the molecule is CCCNC(Cc1cccnc1)c1ccsc1C. The summed E-state index contributed by atoms with van der Waals surface area (Å²) >= 11 is 1.82. The molecule has 2 heterocycles. The molecule has 0 saturated heterocycles. The maximum atomic E-state index is 4.20. The Morgan fingerprint density at radius 2 is 2.28 bits per heavy atom. The largest absolute Gasteiger partial charge is 0.310 e. The fourth-order valence-corrected chi connectivity index (χ4v) is 2.89. The standard InChI is InChI=1S/C15H20N2S/c1-3-7-17-15(14-6-9-18-12(14)2)10-13-5-4-8-16-11-13/h4-6,8-9,11,15,17H,3,7,10H2,1-2H3. The van der Waals surface area contributed by atoms with Crippen molar-refractivity contribution in [3.63, 3.8) is 0 Å². The Hall–Kier alpha value is -1.19. The molecule has 1 atom stereocenters. The molecule has 0 spiro atoms. The van der Waals surface area contributed by atoms with E-state index in [2.05, 4.69) is 41.7 Å². The smallest absolute Gasteiger partial charge is 0.0372 e. The van der Waals surface area contributed by atoms with Crippen LogP contribution in [0.1, 0.15) is 35.4 Å². The fourth-order valence-electron chi connectivity index (χ4n) is 2.12. The van der Waals surface area contributed by atoms with Gasteiger partial charge in [-0.15, -0.1) is 11.3 Å². The Morgan fingerprint density at radius 1 is 1.39 bits per heavy atom. The van der Waals surface area contributed by atoms with Crippen LogP contribution < -0.4 is 5.32 Å². The molecule has 0 bridgehead atoms. The number of hydrogen-bond acceptors (Lipinski definition) is 3. The highest BCUT2D eigenvalue weighted by molar-refractivity contribution is 7.10. The third-order valence-corrected chi connectivity index (χ3v) is 3.94. The van der Waals surface area contributed by atoms with E-state index in [-0.39, 0.29) is 0 Å². The van der Waals surface area contributed by atoms with Crippen LogP contribution in [-0.2, 0) is 6.42 Å². The quantitative estimate of drug-likeness (QED) is 0.856. The number of pyridine rings is 1. The predicted octanol–water partition coefficient (Wildman–Crippen LogP) is 3.73. The zero-order valence-corrected chi connectivity index (χ0v) is 11.8. The third kappa shape index (κ3) is 3.40. The molecule has 0 aliphatic rings. The van der Waals surface area contributed by atoms with Crippen LogP contribution in [0.4, 0.5) is 0 Å².